The van der Waals surface area contributed by atoms with E-state index < -0.39 is 0 Å². The van der Waals surface area contributed by atoms with Crippen molar-refractivity contribution in [1.29, 1.82) is 5.26 Å². The van der Waals surface area contributed by atoms with Crippen LogP contribution in [0.2, 0.25) is 0 Å². The Morgan fingerprint density at radius 1 is 1.24 bits per heavy atom. The number of benzene rings is 1. The summed E-state index contributed by atoms with van der Waals surface area (Å²) in [5, 5.41) is 17.4. The van der Waals surface area contributed by atoms with Gasteiger partial charge in [0.05, 0.1) is 23.0 Å². The number of nitrogens with zero attached hydrogens (tertiary/aromatic N) is 5. The summed E-state index contributed by atoms with van der Waals surface area (Å²) in [6.45, 7) is 1.89. The van der Waals surface area contributed by atoms with Crippen molar-refractivity contribution in [3.05, 3.63) is 58.3 Å². The molecular weight excluding hydrogens is 330 g/mol. The minimum Gasteiger partial charge on any atom is -0.282 e. The highest BCUT2D eigenvalue weighted by molar-refractivity contribution is 9.10. The Labute approximate surface area is 129 Å². The molecule has 0 saturated carbocycles. The first kappa shape index (κ1) is 13.5. The number of aromatic nitrogens is 2. The van der Waals surface area contributed by atoms with Gasteiger partial charge in [-0.05, 0) is 53.2 Å². The van der Waals surface area contributed by atoms with E-state index in [9.17, 15) is 0 Å². The van der Waals surface area contributed by atoms with Crippen LogP contribution in [-0.2, 0) is 0 Å². The number of halogens is 1. The maximum atomic E-state index is 8.89. The van der Waals surface area contributed by atoms with Crippen LogP contribution >= 0.6 is 15.9 Å². The summed E-state index contributed by atoms with van der Waals surface area (Å²) in [5.41, 5.74) is 2.81. The molecule has 2 heterocycles. The molecule has 5 nitrogen and oxygen atoms in total. The monoisotopic (exact) mass is 339 g/mol. The van der Waals surface area contributed by atoms with Gasteiger partial charge in [0.1, 0.15) is 5.65 Å². The number of azo groups is 1. The molecule has 0 amide bonds. The van der Waals surface area contributed by atoms with E-state index in [1.165, 1.54) is 0 Å². The number of rotatable bonds is 2. The fourth-order valence-electron chi connectivity index (χ4n) is 1.99. The van der Waals surface area contributed by atoms with Crippen LogP contribution in [0.4, 0.5) is 11.5 Å². The lowest BCUT2D eigenvalue weighted by Gasteiger charge is -1.97. The van der Waals surface area contributed by atoms with Gasteiger partial charge in [-0.25, -0.2) is 4.98 Å². The minimum absolute atomic E-state index is 0.559. The van der Waals surface area contributed by atoms with Gasteiger partial charge in [0.15, 0.2) is 5.82 Å². The molecule has 3 aromatic rings. The number of hydrogen-bond acceptors (Lipinski definition) is 4. The van der Waals surface area contributed by atoms with Crippen molar-refractivity contribution in [3.63, 3.8) is 0 Å². The first-order valence-corrected chi connectivity index (χ1v) is 7.03. The molecule has 0 spiro atoms. The van der Waals surface area contributed by atoms with Crippen molar-refractivity contribution in [1.82, 2.24) is 9.38 Å². The van der Waals surface area contributed by atoms with Crippen LogP contribution in [-0.4, -0.2) is 9.38 Å². The Kier molecular flexibility index (Phi) is 3.50. The average molecular weight is 340 g/mol. The van der Waals surface area contributed by atoms with Gasteiger partial charge in [-0.1, -0.05) is 6.07 Å². The second-order valence-corrected chi connectivity index (χ2v) is 5.37. The molecule has 0 fully saturated rings. The van der Waals surface area contributed by atoms with Crippen LogP contribution < -0.4 is 0 Å². The topological polar surface area (TPSA) is 65.8 Å². The molecule has 6 heteroatoms. The summed E-state index contributed by atoms with van der Waals surface area (Å²) in [6.07, 6.45) is 1.90. The number of nitriles is 1. The molecule has 0 saturated heterocycles. The molecule has 0 atom stereocenters. The zero-order valence-electron chi connectivity index (χ0n) is 11.2. The average Bonchev–Trinajstić information content (AvgIpc) is 2.80. The van der Waals surface area contributed by atoms with Crippen LogP contribution in [0.25, 0.3) is 5.65 Å². The highest BCUT2D eigenvalue weighted by Crippen LogP contribution is 2.25. The third-order valence-corrected chi connectivity index (χ3v) is 3.43. The second kappa shape index (κ2) is 5.46. The van der Waals surface area contributed by atoms with E-state index in [1.54, 1.807) is 24.3 Å². The van der Waals surface area contributed by atoms with Gasteiger partial charge in [-0.15, -0.1) is 10.2 Å². The lowest BCUT2D eigenvalue weighted by atomic mass is 10.2. The van der Waals surface area contributed by atoms with Crippen LogP contribution in [0, 0.1) is 18.3 Å². The zero-order valence-corrected chi connectivity index (χ0v) is 12.7. The molecule has 2 aromatic heterocycles. The zero-order chi connectivity index (χ0) is 14.8. The van der Waals surface area contributed by atoms with Crippen LogP contribution in [0.3, 0.4) is 0 Å². The highest BCUT2D eigenvalue weighted by Gasteiger charge is 2.08. The van der Waals surface area contributed by atoms with Crippen molar-refractivity contribution >= 4 is 33.1 Å². The van der Waals surface area contributed by atoms with Crippen LogP contribution in [0.5, 0.6) is 0 Å². The molecule has 0 bridgehead atoms. The fraction of sp³-hybridized carbons (Fsp3) is 0.0667. The molecular formula is C15H10BrN5. The molecule has 0 radical (unpaired) electrons. The maximum Gasteiger partial charge on any atom is 0.182 e. The summed E-state index contributed by atoms with van der Waals surface area (Å²) in [4.78, 5) is 4.44. The van der Waals surface area contributed by atoms with Crippen molar-refractivity contribution < 1.29 is 0 Å². The molecule has 0 aliphatic heterocycles. The molecule has 0 aliphatic carbocycles. The molecule has 0 N–H and O–H groups in total. The van der Waals surface area contributed by atoms with Crippen molar-refractivity contribution in [3.8, 4) is 6.07 Å². The standard InChI is InChI=1S/C15H10BrN5/c1-10-15(21-9-12(16)5-6-14(21)18-10)20-19-13-4-2-3-11(7-13)8-17/h2-7,9H,1H3. The lowest BCUT2D eigenvalue weighted by Crippen LogP contribution is -1.82. The number of imidazole rings is 1. The predicted molar refractivity (Wildman–Crippen MR) is 83.0 cm³/mol. The first-order chi connectivity index (χ1) is 10.2. The minimum atomic E-state index is 0.559. The Morgan fingerprint density at radius 3 is 2.90 bits per heavy atom. The predicted octanol–water partition coefficient (Wildman–Crippen LogP) is 4.69. The van der Waals surface area contributed by atoms with E-state index in [2.05, 4.69) is 37.2 Å². The van der Waals surface area contributed by atoms with Crippen molar-refractivity contribution in [2.45, 2.75) is 6.92 Å². The summed E-state index contributed by atoms with van der Waals surface area (Å²) < 4.78 is 2.81. The van der Waals surface area contributed by atoms with E-state index in [0.717, 1.165) is 15.8 Å². The largest absolute Gasteiger partial charge is 0.282 e. The summed E-state index contributed by atoms with van der Waals surface area (Å²) in [6, 6.07) is 12.9. The summed E-state index contributed by atoms with van der Waals surface area (Å²) in [5.74, 6) is 0.675. The van der Waals surface area contributed by atoms with E-state index in [0.29, 0.717) is 17.1 Å². The van der Waals surface area contributed by atoms with Crippen molar-refractivity contribution in [2.24, 2.45) is 10.2 Å². The van der Waals surface area contributed by atoms with Gasteiger partial charge in [-0.2, -0.15) is 5.26 Å². The molecule has 0 unspecified atom stereocenters. The molecule has 102 valence electrons. The molecule has 1 aromatic carbocycles. The second-order valence-electron chi connectivity index (χ2n) is 4.46. The van der Waals surface area contributed by atoms with Gasteiger partial charge in [0.2, 0.25) is 0 Å². The summed E-state index contributed by atoms with van der Waals surface area (Å²) >= 11 is 3.43. The quantitative estimate of drug-likeness (QED) is 0.635. The van der Waals surface area contributed by atoms with Gasteiger partial charge in [0, 0.05) is 10.7 Å². The number of pyridine rings is 1. The Morgan fingerprint density at radius 2 is 2.10 bits per heavy atom. The Bertz CT molecular complexity index is 889. The van der Waals surface area contributed by atoms with Crippen LogP contribution in [0.1, 0.15) is 11.3 Å². The van der Waals surface area contributed by atoms with Crippen LogP contribution in [0.15, 0.2) is 57.3 Å². The Hall–Kier alpha value is -2.52. The lowest BCUT2D eigenvalue weighted by molar-refractivity contribution is 1.09. The van der Waals surface area contributed by atoms with Gasteiger partial charge in [0.25, 0.3) is 0 Å². The van der Waals surface area contributed by atoms with E-state index in [1.807, 2.05) is 29.7 Å². The number of hydrogen-bond donors (Lipinski definition) is 0. The van der Waals surface area contributed by atoms with E-state index in [4.69, 9.17) is 5.26 Å². The van der Waals surface area contributed by atoms with Gasteiger partial charge >= 0.3 is 0 Å². The molecule has 0 aliphatic rings. The smallest absolute Gasteiger partial charge is 0.182 e. The molecule has 21 heavy (non-hydrogen) atoms. The first-order valence-electron chi connectivity index (χ1n) is 6.23. The third-order valence-electron chi connectivity index (χ3n) is 2.96. The maximum absolute atomic E-state index is 8.89. The SMILES string of the molecule is Cc1nc2ccc(Br)cn2c1N=Nc1cccc(C#N)c1. The van der Waals surface area contributed by atoms with Gasteiger partial charge < -0.3 is 0 Å². The number of aryl methyl sites for hydroxylation is 1. The van der Waals surface area contributed by atoms with E-state index in [-0.39, 0.29) is 0 Å². The highest BCUT2D eigenvalue weighted by atomic mass is 79.9. The normalized spacial score (nSPS) is 11.1. The third kappa shape index (κ3) is 2.69. The molecule has 3 rings (SSSR count). The van der Waals surface area contributed by atoms with E-state index >= 15 is 0 Å². The fourth-order valence-corrected chi connectivity index (χ4v) is 2.32. The Balaban J connectivity index is 2.05. The summed E-state index contributed by atoms with van der Waals surface area (Å²) in [7, 11) is 0. The van der Waals surface area contributed by atoms with Crippen molar-refractivity contribution in [2.75, 3.05) is 0 Å². The number of fused-ring (bicyclic) bond motifs is 1. The van der Waals surface area contributed by atoms with Gasteiger partial charge in [-0.3, -0.25) is 4.40 Å².